The van der Waals surface area contributed by atoms with E-state index in [-0.39, 0.29) is 0 Å². The quantitative estimate of drug-likeness (QED) is 0.346. The Hall–Kier alpha value is -3.53. The maximum atomic E-state index is 13.1. The standard InChI is InChI=1S/C28H32F5N3O7/c1-5-40-23-22(38-3)16(2)41-25(24(23)39-4)42-26(37)34-18-8-6-17(7-9-18)21-14-15-36(35-21)19-10-12-20(13-11-19)43-28(32,33)27(29,30)31/h6-13,16,22-25H,5,14-15H2,1-4H3,(H,34,37)/t16-,22-,23+,24+,25-/m0/s1. The molecule has 1 amide bonds. The molecule has 2 aromatic rings. The number of benzene rings is 2. The van der Waals surface area contributed by atoms with Gasteiger partial charge in [0.2, 0.25) is 6.29 Å². The van der Waals surface area contributed by atoms with Gasteiger partial charge < -0.3 is 28.4 Å². The van der Waals surface area contributed by atoms with Gasteiger partial charge in [-0.25, -0.2) is 4.79 Å². The lowest BCUT2D eigenvalue weighted by Gasteiger charge is -2.43. The zero-order valence-corrected chi connectivity index (χ0v) is 23.8. The van der Waals surface area contributed by atoms with Crippen molar-refractivity contribution in [2.45, 2.75) is 63.3 Å². The number of hydrazone groups is 1. The van der Waals surface area contributed by atoms with E-state index in [4.69, 9.17) is 23.7 Å². The summed E-state index contributed by atoms with van der Waals surface area (Å²) < 4.78 is 95.4. The Bertz CT molecular complexity index is 1260. The van der Waals surface area contributed by atoms with Crippen LogP contribution >= 0.6 is 0 Å². The average Bonchev–Trinajstić information content (AvgIpc) is 3.44. The minimum Gasteiger partial charge on any atom is -0.426 e. The zero-order chi connectivity index (χ0) is 31.4. The van der Waals surface area contributed by atoms with Gasteiger partial charge in [0.15, 0.2) is 0 Å². The lowest BCUT2D eigenvalue weighted by molar-refractivity contribution is -0.360. The lowest BCUT2D eigenvalue weighted by atomic mass is 9.99. The summed E-state index contributed by atoms with van der Waals surface area (Å²) in [4.78, 5) is 12.7. The van der Waals surface area contributed by atoms with Crippen LogP contribution in [-0.4, -0.2) is 82.2 Å². The van der Waals surface area contributed by atoms with Crippen molar-refractivity contribution in [2.75, 3.05) is 37.7 Å². The van der Waals surface area contributed by atoms with Crippen LogP contribution in [0.5, 0.6) is 5.75 Å². The first-order chi connectivity index (χ1) is 20.4. The topological polar surface area (TPSA) is 100 Å². The second kappa shape index (κ2) is 13.4. The Morgan fingerprint density at radius 2 is 1.65 bits per heavy atom. The molecular weight excluding hydrogens is 585 g/mol. The van der Waals surface area contributed by atoms with Crippen molar-refractivity contribution in [3.8, 4) is 5.75 Å². The predicted molar refractivity (Wildman–Crippen MR) is 144 cm³/mol. The molecule has 1 N–H and O–H groups in total. The Morgan fingerprint density at radius 3 is 2.23 bits per heavy atom. The summed E-state index contributed by atoms with van der Waals surface area (Å²) in [5.41, 5.74) is 2.40. The summed E-state index contributed by atoms with van der Waals surface area (Å²) in [5.74, 6) is -0.633. The molecule has 5 atom stereocenters. The summed E-state index contributed by atoms with van der Waals surface area (Å²) in [6, 6.07) is 11.5. The van der Waals surface area contributed by atoms with E-state index in [1.165, 1.54) is 19.2 Å². The number of methoxy groups -OCH3 is 2. The fraction of sp³-hybridized carbons (Fsp3) is 0.500. The molecule has 43 heavy (non-hydrogen) atoms. The van der Waals surface area contributed by atoms with Gasteiger partial charge in [0.25, 0.3) is 0 Å². The van der Waals surface area contributed by atoms with Crippen LogP contribution in [0, 0.1) is 0 Å². The van der Waals surface area contributed by atoms with E-state index in [0.29, 0.717) is 36.7 Å². The van der Waals surface area contributed by atoms with E-state index in [2.05, 4.69) is 15.2 Å². The minimum atomic E-state index is -5.83. The molecule has 2 aromatic carbocycles. The highest BCUT2D eigenvalue weighted by atomic mass is 19.4. The van der Waals surface area contributed by atoms with Gasteiger partial charge in [-0.2, -0.15) is 27.1 Å². The average molecular weight is 618 g/mol. The molecule has 0 aliphatic carbocycles. The molecule has 15 heteroatoms. The van der Waals surface area contributed by atoms with Gasteiger partial charge in [-0.3, -0.25) is 10.3 Å². The Labute approximate surface area is 244 Å². The largest absolute Gasteiger partial charge is 0.499 e. The number of anilines is 2. The van der Waals surface area contributed by atoms with Crippen LogP contribution in [0.25, 0.3) is 0 Å². The van der Waals surface area contributed by atoms with Crippen molar-refractivity contribution >= 4 is 23.2 Å². The molecule has 0 radical (unpaired) electrons. The van der Waals surface area contributed by atoms with Gasteiger partial charge in [-0.15, -0.1) is 0 Å². The van der Waals surface area contributed by atoms with Crippen molar-refractivity contribution in [2.24, 2.45) is 5.10 Å². The van der Waals surface area contributed by atoms with Crippen molar-refractivity contribution in [3.63, 3.8) is 0 Å². The monoisotopic (exact) mass is 617 g/mol. The van der Waals surface area contributed by atoms with Crippen molar-refractivity contribution in [1.29, 1.82) is 0 Å². The molecule has 10 nitrogen and oxygen atoms in total. The normalized spacial score (nSPS) is 24.4. The van der Waals surface area contributed by atoms with Crippen LogP contribution in [0.15, 0.2) is 53.6 Å². The van der Waals surface area contributed by atoms with Gasteiger partial charge in [0, 0.05) is 39.5 Å². The summed E-state index contributed by atoms with van der Waals surface area (Å²) in [5, 5.41) is 8.75. The maximum Gasteiger partial charge on any atom is 0.499 e. The van der Waals surface area contributed by atoms with Gasteiger partial charge >= 0.3 is 18.4 Å². The third-order valence-corrected chi connectivity index (χ3v) is 6.83. The van der Waals surface area contributed by atoms with E-state index in [9.17, 15) is 26.7 Å². The molecule has 0 saturated carbocycles. The number of hydrogen-bond acceptors (Lipinski definition) is 9. The zero-order valence-electron chi connectivity index (χ0n) is 23.8. The molecule has 2 aliphatic heterocycles. The number of halogens is 5. The first-order valence-electron chi connectivity index (χ1n) is 13.4. The molecule has 0 aromatic heterocycles. The van der Waals surface area contributed by atoms with Crippen LogP contribution in [0.4, 0.5) is 38.1 Å². The highest BCUT2D eigenvalue weighted by Crippen LogP contribution is 2.38. The third-order valence-electron chi connectivity index (χ3n) is 6.83. The predicted octanol–water partition coefficient (Wildman–Crippen LogP) is 5.56. The molecule has 0 unspecified atom stereocenters. The number of nitrogens with zero attached hydrogens (tertiary/aromatic N) is 2. The summed E-state index contributed by atoms with van der Waals surface area (Å²) >= 11 is 0. The van der Waals surface area contributed by atoms with Crippen LogP contribution in [0.2, 0.25) is 0 Å². The molecule has 1 saturated heterocycles. The number of ether oxygens (including phenoxy) is 6. The molecular formula is C28H32F5N3O7. The third kappa shape index (κ3) is 7.52. The molecule has 2 aliphatic rings. The second-order valence-electron chi connectivity index (χ2n) is 9.67. The summed E-state index contributed by atoms with van der Waals surface area (Å²) in [6.07, 6.45) is -14.5. The number of carbonyl (C=O) groups excluding carboxylic acids is 1. The summed E-state index contributed by atoms with van der Waals surface area (Å²) in [6.45, 7) is 4.48. The number of rotatable bonds is 10. The second-order valence-corrected chi connectivity index (χ2v) is 9.67. The van der Waals surface area contributed by atoms with Crippen LogP contribution in [0.1, 0.15) is 25.8 Å². The fourth-order valence-corrected chi connectivity index (χ4v) is 4.76. The van der Waals surface area contributed by atoms with Crippen LogP contribution in [0.3, 0.4) is 0 Å². The molecule has 1 fully saturated rings. The van der Waals surface area contributed by atoms with Gasteiger partial charge in [-0.1, -0.05) is 12.1 Å². The minimum absolute atomic E-state index is 0.402. The van der Waals surface area contributed by atoms with Crippen LogP contribution < -0.4 is 15.1 Å². The van der Waals surface area contributed by atoms with Gasteiger partial charge in [0.1, 0.15) is 24.1 Å². The maximum absolute atomic E-state index is 13.1. The summed E-state index contributed by atoms with van der Waals surface area (Å²) in [7, 11) is 3.01. The SMILES string of the molecule is CCO[C@@H]1[C@@H](OC)[C@H](C)O[C@@H](OC(=O)Nc2ccc(C3=NN(c4ccc(OC(F)(F)C(F)(F)F)cc4)CC3)cc2)[C@@H]1OC. The number of alkyl halides is 5. The van der Waals surface area contributed by atoms with E-state index in [1.807, 2.05) is 6.92 Å². The molecule has 0 bridgehead atoms. The molecule has 236 valence electrons. The fourth-order valence-electron chi connectivity index (χ4n) is 4.76. The Morgan fingerprint density at radius 1 is 1.00 bits per heavy atom. The van der Waals surface area contributed by atoms with Gasteiger partial charge in [0.05, 0.1) is 17.5 Å². The van der Waals surface area contributed by atoms with E-state index in [0.717, 1.165) is 17.7 Å². The van der Waals surface area contributed by atoms with Crippen molar-refractivity contribution < 1.29 is 55.2 Å². The smallest absolute Gasteiger partial charge is 0.426 e. The van der Waals surface area contributed by atoms with E-state index < -0.39 is 54.8 Å². The molecule has 4 rings (SSSR count). The van der Waals surface area contributed by atoms with Gasteiger partial charge in [-0.05, 0) is 55.8 Å². The Kier molecular flexibility index (Phi) is 10.1. The number of carbonyl (C=O) groups is 1. The number of nitrogens with one attached hydrogen (secondary N) is 1. The van der Waals surface area contributed by atoms with Crippen molar-refractivity contribution in [3.05, 3.63) is 54.1 Å². The van der Waals surface area contributed by atoms with E-state index in [1.54, 1.807) is 43.3 Å². The highest BCUT2D eigenvalue weighted by Gasteiger charge is 2.61. The Balaban J connectivity index is 1.35. The highest BCUT2D eigenvalue weighted by molar-refractivity contribution is 6.03. The first-order valence-corrected chi connectivity index (χ1v) is 13.4. The molecule has 0 spiro atoms. The number of hydrogen-bond donors (Lipinski definition) is 1. The van der Waals surface area contributed by atoms with E-state index >= 15 is 0 Å². The number of amides is 1. The van der Waals surface area contributed by atoms with Crippen LogP contribution in [-0.2, 0) is 23.7 Å². The lowest BCUT2D eigenvalue weighted by Crippen LogP contribution is -2.60. The van der Waals surface area contributed by atoms with Crippen molar-refractivity contribution in [1.82, 2.24) is 0 Å². The first kappa shape index (κ1) is 32.4. The molecule has 2 heterocycles.